The highest BCUT2D eigenvalue weighted by molar-refractivity contribution is 7.86. The molecule has 166 valence electrons. The first-order chi connectivity index (χ1) is 14.6. The fourth-order valence-corrected chi connectivity index (χ4v) is 3.28. The van der Waals surface area contributed by atoms with Gasteiger partial charge in [0.2, 0.25) is 0 Å². The van der Waals surface area contributed by atoms with Crippen LogP contribution in [0.4, 0.5) is 30.2 Å². The number of nitrogens with zero attached hydrogens (tertiary/aromatic N) is 1. The molecule has 3 rings (SSSR count). The van der Waals surface area contributed by atoms with Crippen LogP contribution in [-0.2, 0) is 10.1 Å². The minimum atomic E-state index is -6.09. The van der Waals surface area contributed by atoms with Crippen LogP contribution in [0.25, 0.3) is 0 Å². The molecule has 0 aliphatic rings. The molecule has 0 aromatic heterocycles. The molecule has 0 unspecified atom stereocenters. The molecule has 0 radical (unpaired) electrons. The quantitative estimate of drug-likeness (QED) is 0.244. The van der Waals surface area contributed by atoms with Crippen molar-refractivity contribution in [2.45, 2.75) is 25.3 Å². The Kier molecular flexibility index (Phi) is 8.38. The number of para-hydroxylation sites is 3. The van der Waals surface area contributed by atoms with Crippen molar-refractivity contribution >= 4 is 27.2 Å². The van der Waals surface area contributed by atoms with Crippen molar-refractivity contribution in [2.75, 3.05) is 6.54 Å². The topological polar surface area (TPSA) is 57.2 Å². The molecule has 0 amide bonds. The number of hydrogen-bond acceptors (Lipinski definition) is 3. The van der Waals surface area contributed by atoms with Gasteiger partial charge < -0.3 is 4.55 Å². The summed E-state index contributed by atoms with van der Waals surface area (Å²) in [6, 6.07) is 32.6. The zero-order valence-electron chi connectivity index (χ0n) is 17.0. The number of benzene rings is 3. The maximum Gasteiger partial charge on any atom is 0.485 e. The van der Waals surface area contributed by atoms with Crippen molar-refractivity contribution < 1.29 is 26.1 Å². The SMILES string of the molecule is CCCC[N+](c1ccccc1)(c1ccccc1)c1ccccc1.O=S(=O)([O-])C(F)(F)F. The van der Waals surface area contributed by atoms with E-state index in [2.05, 4.69) is 97.9 Å². The van der Waals surface area contributed by atoms with Gasteiger partial charge in [0.05, 0.1) is 6.54 Å². The molecule has 0 aliphatic carbocycles. The molecule has 0 atom stereocenters. The maximum atomic E-state index is 10.7. The molecule has 8 heteroatoms. The highest BCUT2D eigenvalue weighted by Gasteiger charge is 2.37. The molecule has 0 aliphatic heterocycles. The Morgan fingerprint density at radius 3 is 1.26 bits per heavy atom. The van der Waals surface area contributed by atoms with E-state index in [4.69, 9.17) is 13.0 Å². The predicted octanol–water partition coefficient (Wildman–Crippen LogP) is 6.51. The number of unbranched alkanes of at least 4 members (excludes halogenated alkanes) is 1. The van der Waals surface area contributed by atoms with Gasteiger partial charge in [-0.3, -0.25) is 0 Å². The van der Waals surface area contributed by atoms with Crippen molar-refractivity contribution in [2.24, 2.45) is 0 Å². The summed E-state index contributed by atoms with van der Waals surface area (Å²) in [6.07, 6.45) is 2.37. The zero-order chi connectivity index (χ0) is 23.0. The van der Waals surface area contributed by atoms with E-state index in [0.29, 0.717) is 0 Å². The van der Waals surface area contributed by atoms with Gasteiger partial charge in [-0.25, -0.2) is 12.9 Å². The molecular formula is C23H24F3NO3S. The normalized spacial score (nSPS) is 12.0. The van der Waals surface area contributed by atoms with Crippen LogP contribution in [0.2, 0.25) is 0 Å². The number of hydrogen-bond donors (Lipinski definition) is 0. The second kappa shape index (κ2) is 10.6. The lowest BCUT2D eigenvalue weighted by Gasteiger charge is -2.37. The first-order valence-corrected chi connectivity index (χ1v) is 11.1. The van der Waals surface area contributed by atoms with E-state index in [0.717, 1.165) is 11.0 Å². The fourth-order valence-electron chi connectivity index (χ4n) is 3.28. The third-order valence-corrected chi connectivity index (χ3v) is 5.29. The maximum absolute atomic E-state index is 10.7. The van der Waals surface area contributed by atoms with Crippen LogP contribution < -0.4 is 4.48 Å². The van der Waals surface area contributed by atoms with E-state index in [9.17, 15) is 13.2 Å². The lowest BCUT2D eigenvalue weighted by molar-refractivity contribution is -0.0517. The van der Waals surface area contributed by atoms with Crippen molar-refractivity contribution in [3.05, 3.63) is 91.0 Å². The number of rotatable bonds is 6. The lowest BCUT2D eigenvalue weighted by Crippen LogP contribution is -2.39. The monoisotopic (exact) mass is 451 g/mol. The number of halogens is 3. The first kappa shape index (κ1) is 24.6. The van der Waals surface area contributed by atoms with Crippen molar-refractivity contribution in [3.63, 3.8) is 0 Å². The molecule has 3 aromatic carbocycles. The standard InChI is InChI=1S/C22H24N.CHF3O3S/c1-2-3-19-23(20-13-7-4-8-14-20,21-15-9-5-10-16-21)22-17-11-6-12-18-22;2-1(3,4)8(5,6)7/h4-18H,2-3,19H2,1H3;(H,5,6,7)/q+1;/p-1. The van der Waals surface area contributed by atoms with Gasteiger partial charge in [-0.1, -0.05) is 67.9 Å². The molecule has 0 spiro atoms. The Bertz CT molecular complexity index is 929. The van der Waals surface area contributed by atoms with Crippen LogP contribution in [0.3, 0.4) is 0 Å². The molecule has 3 aromatic rings. The van der Waals surface area contributed by atoms with Gasteiger partial charge in [0.25, 0.3) is 0 Å². The predicted molar refractivity (Wildman–Crippen MR) is 116 cm³/mol. The van der Waals surface area contributed by atoms with Gasteiger partial charge in [0, 0.05) is 0 Å². The largest absolute Gasteiger partial charge is 0.741 e. The van der Waals surface area contributed by atoms with E-state index in [1.165, 1.54) is 29.9 Å². The molecule has 4 nitrogen and oxygen atoms in total. The summed E-state index contributed by atoms with van der Waals surface area (Å²) in [4.78, 5) is 0. The third-order valence-electron chi connectivity index (χ3n) is 4.72. The molecular weight excluding hydrogens is 427 g/mol. The van der Waals surface area contributed by atoms with Gasteiger partial charge in [0.15, 0.2) is 10.1 Å². The van der Waals surface area contributed by atoms with Crippen LogP contribution in [-0.4, -0.2) is 25.0 Å². The van der Waals surface area contributed by atoms with E-state index in [1.54, 1.807) is 0 Å². The van der Waals surface area contributed by atoms with E-state index < -0.39 is 15.6 Å². The molecule has 0 N–H and O–H groups in total. The van der Waals surface area contributed by atoms with Gasteiger partial charge in [0.1, 0.15) is 17.1 Å². The van der Waals surface area contributed by atoms with Crippen molar-refractivity contribution in [1.82, 2.24) is 4.48 Å². The lowest BCUT2D eigenvalue weighted by atomic mass is 10.1. The Hall–Kier alpha value is -2.68. The van der Waals surface area contributed by atoms with Crippen LogP contribution >= 0.6 is 0 Å². The number of quaternary nitrogens is 1. The summed E-state index contributed by atoms with van der Waals surface area (Å²) in [5.74, 6) is 0. The minimum Gasteiger partial charge on any atom is -0.741 e. The van der Waals surface area contributed by atoms with Crippen LogP contribution in [0.1, 0.15) is 19.8 Å². The highest BCUT2D eigenvalue weighted by Crippen LogP contribution is 2.43. The Morgan fingerprint density at radius 1 is 0.742 bits per heavy atom. The molecule has 0 heterocycles. The van der Waals surface area contributed by atoms with Crippen LogP contribution in [0.15, 0.2) is 91.0 Å². The zero-order valence-corrected chi connectivity index (χ0v) is 17.8. The van der Waals surface area contributed by atoms with E-state index >= 15 is 0 Å². The Morgan fingerprint density at radius 2 is 1.03 bits per heavy atom. The van der Waals surface area contributed by atoms with Gasteiger partial charge in [-0.2, -0.15) is 13.2 Å². The average molecular weight is 452 g/mol. The van der Waals surface area contributed by atoms with Gasteiger partial charge >= 0.3 is 5.51 Å². The molecule has 0 fully saturated rings. The molecule has 0 saturated carbocycles. The summed E-state index contributed by atoms with van der Waals surface area (Å²) < 4.78 is 59.7. The summed E-state index contributed by atoms with van der Waals surface area (Å²) >= 11 is 0. The minimum absolute atomic E-state index is 0.774. The van der Waals surface area contributed by atoms with Crippen LogP contribution in [0.5, 0.6) is 0 Å². The third kappa shape index (κ3) is 6.16. The van der Waals surface area contributed by atoms with Gasteiger partial charge in [-0.05, 0) is 42.8 Å². The summed E-state index contributed by atoms with van der Waals surface area (Å²) in [6.45, 7) is 3.32. The van der Waals surface area contributed by atoms with E-state index in [-0.39, 0.29) is 0 Å². The summed E-state index contributed by atoms with van der Waals surface area (Å²) in [7, 11) is -6.09. The smallest absolute Gasteiger partial charge is 0.485 e. The molecule has 0 saturated heterocycles. The highest BCUT2D eigenvalue weighted by atomic mass is 32.2. The van der Waals surface area contributed by atoms with Gasteiger partial charge in [-0.15, -0.1) is 0 Å². The van der Waals surface area contributed by atoms with Crippen molar-refractivity contribution in [3.8, 4) is 0 Å². The molecule has 0 bridgehead atoms. The Labute approximate surface area is 180 Å². The fraction of sp³-hybridized carbons (Fsp3) is 0.217. The number of alkyl halides is 3. The van der Waals surface area contributed by atoms with Crippen LogP contribution in [0, 0.1) is 0 Å². The van der Waals surface area contributed by atoms with Crippen molar-refractivity contribution in [1.29, 1.82) is 0 Å². The average Bonchev–Trinajstić information content (AvgIpc) is 2.76. The summed E-state index contributed by atoms with van der Waals surface area (Å²) in [5.41, 5.74) is -1.69. The molecule has 31 heavy (non-hydrogen) atoms. The first-order valence-electron chi connectivity index (χ1n) is 9.70. The van der Waals surface area contributed by atoms with E-state index in [1.807, 2.05) is 0 Å². The summed E-state index contributed by atoms with van der Waals surface area (Å²) in [5, 5.41) is 0. The second-order valence-electron chi connectivity index (χ2n) is 6.79. The Balaban J connectivity index is 0.000000366. The second-order valence-corrected chi connectivity index (χ2v) is 8.16.